The fourth-order valence-electron chi connectivity index (χ4n) is 2.24. The summed E-state index contributed by atoms with van der Waals surface area (Å²) < 4.78 is 0. The van der Waals surface area contributed by atoms with Crippen molar-refractivity contribution < 1.29 is 5.11 Å². The van der Waals surface area contributed by atoms with E-state index >= 15 is 0 Å². The molecule has 0 aliphatic heterocycles. The summed E-state index contributed by atoms with van der Waals surface area (Å²) in [6.45, 7) is 4.77. The number of nitrogens with zero attached hydrogens (tertiary/aromatic N) is 1. The average molecular weight is 265 g/mol. The van der Waals surface area contributed by atoms with Gasteiger partial charge in [0.2, 0.25) is 0 Å². The Bertz CT molecular complexity index is 493. The zero-order chi connectivity index (χ0) is 13.3. The Morgan fingerprint density at radius 2 is 2.28 bits per heavy atom. The van der Waals surface area contributed by atoms with Crippen LogP contribution in [0.15, 0.2) is 18.2 Å². The van der Waals surface area contributed by atoms with Gasteiger partial charge in [-0.1, -0.05) is 31.5 Å². The molecule has 1 aromatic rings. The van der Waals surface area contributed by atoms with Crippen LogP contribution in [0.1, 0.15) is 31.4 Å². The lowest BCUT2D eigenvalue weighted by atomic mass is 9.64. The van der Waals surface area contributed by atoms with E-state index < -0.39 is 0 Å². The molecule has 0 aromatic heterocycles. The van der Waals surface area contributed by atoms with Crippen molar-refractivity contribution in [3.8, 4) is 6.07 Å². The van der Waals surface area contributed by atoms with Gasteiger partial charge in [-0.25, -0.2) is 0 Å². The molecule has 2 atom stereocenters. The summed E-state index contributed by atoms with van der Waals surface area (Å²) in [4.78, 5) is 0. The lowest BCUT2D eigenvalue weighted by Crippen LogP contribution is -2.59. The lowest BCUT2D eigenvalue weighted by molar-refractivity contribution is -0.0729. The Kier molecular flexibility index (Phi) is 3.63. The highest BCUT2D eigenvalue weighted by Gasteiger charge is 2.46. The van der Waals surface area contributed by atoms with E-state index in [1.54, 1.807) is 12.1 Å². The van der Waals surface area contributed by atoms with E-state index in [-0.39, 0.29) is 11.5 Å². The van der Waals surface area contributed by atoms with Gasteiger partial charge in [-0.2, -0.15) is 5.26 Å². The molecule has 1 fully saturated rings. The molecule has 96 valence electrons. The molecule has 0 heterocycles. The minimum Gasteiger partial charge on any atom is -0.392 e. The topological polar surface area (TPSA) is 56.0 Å². The van der Waals surface area contributed by atoms with Crippen LogP contribution in [0.2, 0.25) is 5.02 Å². The third-order valence-electron chi connectivity index (χ3n) is 3.94. The van der Waals surface area contributed by atoms with Gasteiger partial charge in [0.25, 0.3) is 0 Å². The van der Waals surface area contributed by atoms with Crippen molar-refractivity contribution in [2.24, 2.45) is 5.41 Å². The van der Waals surface area contributed by atoms with Crippen molar-refractivity contribution in [3.05, 3.63) is 34.3 Å². The Balaban J connectivity index is 1.98. The number of halogens is 1. The third kappa shape index (κ3) is 2.37. The normalized spacial score (nSPS) is 25.3. The fraction of sp³-hybridized carbons (Fsp3) is 0.500. The van der Waals surface area contributed by atoms with Crippen molar-refractivity contribution in [3.63, 3.8) is 0 Å². The largest absolute Gasteiger partial charge is 0.392 e. The van der Waals surface area contributed by atoms with Gasteiger partial charge in [0.15, 0.2) is 0 Å². The Hall–Kier alpha value is -1.08. The van der Waals surface area contributed by atoms with Crippen molar-refractivity contribution in [2.75, 3.05) is 0 Å². The molecule has 0 saturated heterocycles. The molecule has 2 unspecified atom stereocenters. The summed E-state index contributed by atoms with van der Waals surface area (Å²) in [6.07, 6.45) is 0.549. The maximum Gasteiger partial charge on any atom is 0.0992 e. The highest BCUT2D eigenvalue weighted by molar-refractivity contribution is 6.31. The summed E-state index contributed by atoms with van der Waals surface area (Å²) in [7, 11) is 0. The second-order valence-electron chi connectivity index (χ2n) is 5.42. The molecule has 1 aliphatic carbocycles. The average Bonchev–Trinajstić information content (AvgIpc) is 2.35. The molecule has 0 bridgehead atoms. The molecule has 0 amide bonds. The third-order valence-corrected chi connectivity index (χ3v) is 4.29. The van der Waals surface area contributed by atoms with Crippen molar-refractivity contribution in [1.29, 1.82) is 5.26 Å². The SMILES string of the molecule is CC1(C)C(O)CC1NCc1ccc(C#N)cc1Cl. The van der Waals surface area contributed by atoms with E-state index in [2.05, 4.69) is 25.2 Å². The van der Waals surface area contributed by atoms with Crippen LogP contribution < -0.4 is 5.32 Å². The van der Waals surface area contributed by atoms with Crippen molar-refractivity contribution in [2.45, 2.75) is 39.0 Å². The molecule has 4 heteroatoms. The van der Waals surface area contributed by atoms with E-state index in [9.17, 15) is 5.11 Å². The molecule has 2 rings (SSSR count). The monoisotopic (exact) mass is 264 g/mol. The van der Waals surface area contributed by atoms with Gasteiger partial charge in [-0.15, -0.1) is 0 Å². The zero-order valence-electron chi connectivity index (χ0n) is 10.6. The van der Waals surface area contributed by atoms with Gasteiger partial charge in [-0.3, -0.25) is 0 Å². The first-order valence-electron chi connectivity index (χ1n) is 6.05. The number of benzene rings is 1. The van der Waals surface area contributed by atoms with Crippen molar-refractivity contribution in [1.82, 2.24) is 5.32 Å². The summed E-state index contributed by atoms with van der Waals surface area (Å²) in [5, 5.41) is 22.4. The first-order chi connectivity index (χ1) is 8.45. The van der Waals surface area contributed by atoms with E-state index in [1.807, 2.05) is 6.07 Å². The van der Waals surface area contributed by atoms with Gasteiger partial charge in [0.05, 0.1) is 17.7 Å². The van der Waals surface area contributed by atoms with Crippen LogP contribution in [0.3, 0.4) is 0 Å². The van der Waals surface area contributed by atoms with Gasteiger partial charge in [-0.05, 0) is 24.1 Å². The number of nitrogens with one attached hydrogen (secondary N) is 1. The minimum absolute atomic E-state index is 0.0843. The summed E-state index contributed by atoms with van der Waals surface area (Å²) in [5.74, 6) is 0. The Labute approximate surface area is 112 Å². The number of nitriles is 1. The molecule has 1 aromatic carbocycles. The van der Waals surface area contributed by atoms with Gasteiger partial charge < -0.3 is 10.4 Å². The molecular weight excluding hydrogens is 248 g/mol. The quantitative estimate of drug-likeness (QED) is 0.882. The zero-order valence-corrected chi connectivity index (χ0v) is 11.3. The molecule has 0 spiro atoms. The molecule has 1 saturated carbocycles. The highest BCUT2D eigenvalue weighted by Crippen LogP contribution is 2.40. The Morgan fingerprint density at radius 3 is 2.78 bits per heavy atom. The maximum absolute atomic E-state index is 9.66. The van der Waals surface area contributed by atoms with Crippen LogP contribution in [0.4, 0.5) is 0 Å². The number of rotatable bonds is 3. The van der Waals surface area contributed by atoms with Gasteiger partial charge >= 0.3 is 0 Å². The van der Waals surface area contributed by atoms with E-state index in [0.717, 1.165) is 12.0 Å². The van der Waals surface area contributed by atoms with Crippen LogP contribution in [0, 0.1) is 16.7 Å². The fourth-order valence-corrected chi connectivity index (χ4v) is 2.49. The first-order valence-corrected chi connectivity index (χ1v) is 6.43. The summed E-state index contributed by atoms with van der Waals surface area (Å²) >= 11 is 6.11. The predicted octanol–water partition coefficient (Wildman–Crippen LogP) is 2.46. The van der Waals surface area contributed by atoms with Crippen LogP contribution in [-0.2, 0) is 6.54 Å². The highest BCUT2D eigenvalue weighted by atomic mass is 35.5. The molecule has 3 nitrogen and oxygen atoms in total. The molecule has 0 radical (unpaired) electrons. The number of aliphatic hydroxyl groups excluding tert-OH is 1. The molecule has 2 N–H and O–H groups in total. The maximum atomic E-state index is 9.66. The minimum atomic E-state index is -0.230. The van der Waals surface area contributed by atoms with Crippen LogP contribution in [-0.4, -0.2) is 17.3 Å². The summed E-state index contributed by atoms with van der Waals surface area (Å²) in [6, 6.07) is 7.69. The lowest BCUT2D eigenvalue weighted by Gasteiger charge is -2.49. The van der Waals surface area contributed by atoms with Gasteiger partial charge in [0.1, 0.15) is 0 Å². The smallest absolute Gasteiger partial charge is 0.0992 e. The van der Waals surface area contributed by atoms with Crippen LogP contribution in [0.5, 0.6) is 0 Å². The van der Waals surface area contributed by atoms with Crippen LogP contribution >= 0.6 is 11.6 Å². The molecular formula is C14H17ClN2O. The second-order valence-corrected chi connectivity index (χ2v) is 5.83. The van der Waals surface area contributed by atoms with Crippen molar-refractivity contribution >= 4 is 11.6 Å². The predicted molar refractivity (Wildman–Crippen MR) is 71.2 cm³/mol. The number of hydrogen-bond donors (Lipinski definition) is 2. The van der Waals surface area contributed by atoms with Crippen LogP contribution in [0.25, 0.3) is 0 Å². The molecule has 1 aliphatic rings. The second kappa shape index (κ2) is 4.89. The Morgan fingerprint density at radius 1 is 1.56 bits per heavy atom. The molecule has 18 heavy (non-hydrogen) atoms. The van der Waals surface area contributed by atoms with Gasteiger partial charge in [0, 0.05) is 23.0 Å². The number of aliphatic hydroxyl groups is 1. The van der Waals surface area contributed by atoms with E-state index in [0.29, 0.717) is 23.2 Å². The van der Waals surface area contributed by atoms with E-state index in [1.165, 1.54) is 0 Å². The summed E-state index contributed by atoms with van der Waals surface area (Å²) in [5.41, 5.74) is 1.47. The van der Waals surface area contributed by atoms with E-state index in [4.69, 9.17) is 16.9 Å². The first kappa shape index (κ1) is 13.4. The standard InChI is InChI=1S/C14H17ClN2O/c1-14(2)12(6-13(14)18)17-8-10-4-3-9(7-16)5-11(10)15/h3-5,12-13,17-18H,6,8H2,1-2H3. The number of hydrogen-bond acceptors (Lipinski definition) is 3.